The number of aromatic nitrogens is 1. The van der Waals surface area contributed by atoms with Crippen molar-refractivity contribution in [1.82, 2.24) is 4.98 Å². The van der Waals surface area contributed by atoms with Crippen LogP contribution >= 0.6 is 11.3 Å². The molecule has 1 aromatic heterocycles. The van der Waals surface area contributed by atoms with Gasteiger partial charge >= 0.3 is 0 Å². The van der Waals surface area contributed by atoms with Crippen molar-refractivity contribution in [2.45, 2.75) is 26.5 Å². The summed E-state index contributed by atoms with van der Waals surface area (Å²) in [5.74, 6) is -0.290. The molecule has 2 aromatic rings. The third-order valence-electron chi connectivity index (χ3n) is 3.05. The Labute approximate surface area is 116 Å². The Hall–Kier alpha value is -1.46. The molecule has 0 spiro atoms. The molecular formula is C14H17FN2OS. The number of nitrogens with zero attached hydrogens (tertiary/aromatic N) is 2. The van der Waals surface area contributed by atoms with Crippen molar-refractivity contribution in [3.63, 3.8) is 0 Å². The normalized spacial score (nSPS) is 12.5. The summed E-state index contributed by atoms with van der Waals surface area (Å²) in [5.41, 5.74) is 4.76. The second-order valence-corrected chi connectivity index (χ2v) is 5.39. The van der Waals surface area contributed by atoms with Crippen LogP contribution in [0.5, 0.6) is 0 Å². The van der Waals surface area contributed by atoms with E-state index in [9.17, 15) is 9.50 Å². The standard InChI is InChI=1S/C14H17FN2OS/c1-9-4-14(12(10(2)18)5-13(9)15)17(3)6-11-7-19-8-16-11/h4-5,7-8,10,18H,6H2,1-3H3. The maximum atomic E-state index is 13.6. The number of halogens is 1. The third kappa shape index (κ3) is 3.11. The molecule has 0 aliphatic carbocycles. The third-order valence-corrected chi connectivity index (χ3v) is 3.69. The molecule has 1 N–H and O–H groups in total. The zero-order valence-electron chi connectivity index (χ0n) is 11.2. The molecule has 0 amide bonds. The van der Waals surface area contributed by atoms with Gasteiger partial charge in [0.1, 0.15) is 5.82 Å². The molecule has 102 valence electrons. The van der Waals surface area contributed by atoms with Crippen LogP contribution in [-0.4, -0.2) is 17.1 Å². The molecule has 19 heavy (non-hydrogen) atoms. The van der Waals surface area contributed by atoms with Gasteiger partial charge in [0, 0.05) is 23.7 Å². The molecule has 3 nitrogen and oxygen atoms in total. The predicted molar refractivity (Wildman–Crippen MR) is 76.0 cm³/mol. The van der Waals surface area contributed by atoms with Crippen LogP contribution in [-0.2, 0) is 6.54 Å². The van der Waals surface area contributed by atoms with E-state index in [-0.39, 0.29) is 5.82 Å². The summed E-state index contributed by atoms with van der Waals surface area (Å²) in [6.45, 7) is 4.00. The monoisotopic (exact) mass is 280 g/mol. The molecule has 0 saturated carbocycles. The first-order valence-corrected chi connectivity index (χ1v) is 6.99. The molecule has 1 heterocycles. The number of anilines is 1. The molecule has 0 radical (unpaired) electrons. The second-order valence-electron chi connectivity index (χ2n) is 4.67. The second kappa shape index (κ2) is 5.67. The molecule has 0 fully saturated rings. The molecule has 0 saturated heterocycles. The van der Waals surface area contributed by atoms with E-state index in [0.717, 1.165) is 11.4 Å². The maximum absolute atomic E-state index is 13.6. The highest BCUT2D eigenvalue weighted by Crippen LogP contribution is 2.29. The van der Waals surface area contributed by atoms with E-state index in [1.54, 1.807) is 36.8 Å². The molecule has 0 bridgehead atoms. The molecule has 2 rings (SSSR count). The Morgan fingerprint density at radius 2 is 2.21 bits per heavy atom. The van der Waals surface area contributed by atoms with E-state index in [1.807, 2.05) is 17.3 Å². The zero-order valence-corrected chi connectivity index (χ0v) is 12.0. The first-order valence-electron chi connectivity index (χ1n) is 6.05. The number of aryl methyl sites for hydroxylation is 1. The van der Waals surface area contributed by atoms with Gasteiger partial charge in [-0.3, -0.25) is 0 Å². The van der Waals surface area contributed by atoms with Gasteiger partial charge in [-0.05, 0) is 31.5 Å². The largest absolute Gasteiger partial charge is 0.389 e. The summed E-state index contributed by atoms with van der Waals surface area (Å²) in [6, 6.07) is 3.18. The minimum Gasteiger partial charge on any atom is -0.389 e. The van der Waals surface area contributed by atoms with Crippen LogP contribution < -0.4 is 4.90 Å². The quantitative estimate of drug-likeness (QED) is 0.933. The molecule has 0 aliphatic heterocycles. The van der Waals surface area contributed by atoms with E-state index in [4.69, 9.17) is 0 Å². The summed E-state index contributed by atoms with van der Waals surface area (Å²) < 4.78 is 13.6. The lowest BCUT2D eigenvalue weighted by molar-refractivity contribution is 0.199. The average Bonchev–Trinajstić information content (AvgIpc) is 2.84. The first kappa shape index (κ1) is 14.0. The van der Waals surface area contributed by atoms with Gasteiger partial charge in [-0.15, -0.1) is 11.3 Å². The van der Waals surface area contributed by atoms with Gasteiger partial charge < -0.3 is 10.0 Å². The number of aliphatic hydroxyl groups excluding tert-OH is 1. The van der Waals surface area contributed by atoms with Gasteiger partial charge in [0.2, 0.25) is 0 Å². The van der Waals surface area contributed by atoms with Crippen LogP contribution in [0.15, 0.2) is 23.0 Å². The highest BCUT2D eigenvalue weighted by atomic mass is 32.1. The zero-order chi connectivity index (χ0) is 14.0. The fraction of sp³-hybridized carbons (Fsp3) is 0.357. The summed E-state index contributed by atoms with van der Waals surface area (Å²) in [5, 5.41) is 11.8. The number of benzene rings is 1. The van der Waals surface area contributed by atoms with Gasteiger partial charge in [-0.1, -0.05) is 0 Å². The van der Waals surface area contributed by atoms with E-state index in [1.165, 1.54) is 6.07 Å². The predicted octanol–water partition coefficient (Wildman–Crippen LogP) is 3.28. The van der Waals surface area contributed by atoms with Gasteiger partial charge in [0.05, 0.1) is 23.9 Å². The Kier molecular flexibility index (Phi) is 4.17. The fourth-order valence-electron chi connectivity index (χ4n) is 1.99. The van der Waals surface area contributed by atoms with Crippen molar-refractivity contribution in [3.05, 3.63) is 45.7 Å². The number of hydrogen-bond acceptors (Lipinski definition) is 4. The number of aliphatic hydroxyl groups is 1. The van der Waals surface area contributed by atoms with Gasteiger partial charge in [0.15, 0.2) is 0 Å². The van der Waals surface area contributed by atoms with Gasteiger partial charge in [-0.25, -0.2) is 9.37 Å². The first-order chi connectivity index (χ1) is 8.99. The van der Waals surface area contributed by atoms with Crippen molar-refractivity contribution in [1.29, 1.82) is 0 Å². The molecule has 5 heteroatoms. The average molecular weight is 280 g/mol. The lowest BCUT2D eigenvalue weighted by Gasteiger charge is -2.23. The van der Waals surface area contributed by atoms with Gasteiger partial charge in [0.25, 0.3) is 0 Å². The van der Waals surface area contributed by atoms with Crippen LogP contribution in [0.1, 0.15) is 29.8 Å². The van der Waals surface area contributed by atoms with Crippen molar-refractivity contribution >= 4 is 17.0 Å². The topological polar surface area (TPSA) is 36.4 Å². The summed E-state index contributed by atoms with van der Waals surface area (Å²) in [7, 11) is 1.91. The lowest BCUT2D eigenvalue weighted by atomic mass is 10.0. The molecular weight excluding hydrogens is 263 g/mol. The Bertz CT molecular complexity index is 555. The number of rotatable bonds is 4. The summed E-state index contributed by atoms with van der Waals surface area (Å²) in [4.78, 5) is 6.21. The van der Waals surface area contributed by atoms with Crippen molar-refractivity contribution in [3.8, 4) is 0 Å². The Balaban J connectivity index is 2.34. The summed E-state index contributed by atoms with van der Waals surface area (Å²) >= 11 is 1.55. The minimum atomic E-state index is -0.706. The number of thiazole rings is 1. The van der Waals surface area contributed by atoms with E-state index in [0.29, 0.717) is 17.7 Å². The fourth-order valence-corrected chi connectivity index (χ4v) is 2.54. The lowest BCUT2D eigenvalue weighted by Crippen LogP contribution is -2.19. The van der Waals surface area contributed by atoms with Crippen LogP contribution in [0.2, 0.25) is 0 Å². The highest BCUT2D eigenvalue weighted by Gasteiger charge is 2.15. The summed E-state index contributed by atoms with van der Waals surface area (Å²) in [6.07, 6.45) is -0.706. The Morgan fingerprint density at radius 1 is 1.47 bits per heavy atom. The maximum Gasteiger partial charge on any atom is 0.126 e. The minimum absolute atomic E-state index is 0.290. The van der Waals surface area contributed by atoms with Crippen LogP contribution in [0.3, 0.4) is 0 Å². The van der Waals surface area contributed by atoms with Gasteiger partial charge in [-0.2, -0.15) is 0 Å². The molecule has 1 aromatic carbocycles. The Morgan fingerprint density at radius 3 is 2.79 bits per heavy atom. The van der Waals surface area contributed by atoms with E-state index >= 15 is 0 Å². The van der Waals surface area contributed by atoms with Crippen molar-refractivity contribution in [2.75, 3.05) is 11.9 Å². The van der Waals surface area contributed by atoms with E-state index < -0.39 is 6.10 Å². The molecule has 1 unspecified atom stereocenters. The van der Waals surface area contributed by atoms with Crippen LogP contribution in [0, 0.1) is 12.7 Å². The van der Waals surface area contributed by atoms with Crippen molar-refractivity contribution < 1.29 is 9.50 Å². The molecule has 0 aliphatic rings. The van der Waals surface area contributed by atoms with Crippen LogP contribution in [0.25, 0.3) is 0 Å². The van der Waals surface area contributed by atoms with E-state index in [2.05, 4.69) is 4.98 Å². The highest BCUT2D eigenvalue weighted by molar-refractivity contribution is 7.07. The smallest absolute Gasteiger partial charge is 0.126 e. The van der Waals surface area contributed by atoms with Crippen LogP contribution in [0.4, 0.5) is 10.1 Å². The number of hydrogen-bond donors (Lipinski definition) is 1. The molecule has 1 atom stereocenters. The van der Waals surface area contributed by atoms with Crippen molar-refractivity contribution in [2.24, 2.45) is 0 Å². The SMILES string of the molecule is Cc1cc(N(C)Cc2cscn2)c(C(C)O)cc1F.